The van der Waals surface area contributed by atoms with E-state index < -0.39 is 6.04 Å². The summed E-state index contributed by atoms with van der Waals surface area (Å²) >= 11 is 0. The minimum atomic E-state index is -0.403. The average Bonchev–Trinajstić information content (AvgIpc) is 2.68. The highest BCUT2D eigenvalue weighted by molar-refractivity contribution is 5.97. The summed E-state index contributed by atoms with van der Waals surface area (Å²) < 4.78 is 5.56. The van der Waals surface area contributed by atoms with Crippen LogP contribution < -0.4 is 9.64 Å². The number of carbonyl (C=O) groups is 2. The van der Waals surface area contributed by atoms with Crippen molar-refractivity contribution in [2.24, 2.45) is 5.92 Å². The van der Waals surface area contributed by atoms with Crippen LogP contribution >= 0.6 is 0 Å². The number of ether oxygens (including phenoxy) is 1. The highest BCUT2D eigenvalue weighted by Crippen LogP contribution is 2.43. The van der Waals surface area contributed by atoms with E-state index >= 15 is 0 Å². The number of hydrogen-bond acceptors (Lipinski definition) is 3. The SMILES string of the molecule is COc1ccccc1[C@@H]1[C@H](C(=O)N(C)C)CCC(=O)N1c1ccc(C)cc1. The number of anilines is 1. The number of methoxy groups -OCH3 is 1. The fourth-order valence-corrected chi connectivity index (χ4v) is 3.76. The van der Waals surface area contributed by atoms with Crippen LogP contribution in [0.3, 0.4) is 0 Å². The standard InChI is InChI=1S/C22H26N2O3/c1-15-9-11-16(12-10-15)24-20(25)14-13-18(22(26)23(2)3)21(24)17-7-5-6-8-19(17)27-4/h5-12,18,21H,13-14H2,1-4H3/t18-,21-/m1/s1. The number of benzene rings is 2. The molecule has 2 amide bonds. The molecule has 0 aromatic heterocycles. The summed E-state index contributed by atoms with van der Waals surface area (Å²) in [5, 5.41) is 0. The van der Waals surface area contributed by atoms with E-state index in [0.29, 0.717) is 18.6 Å². The fraction of sp³-hybridized carbons (Fsp3) is 0.364. The van der Waals surface area contributed by atoms with E-state index in [-0.39, 0.29) is 17.7 Å². The van der Waals surface area contributed by atoms with Gasteiger partial charge in [-0.05, 0) is 31.5 Å². The maximum Gasteiger partial charge on any atom is 0.227 e. The van der Waals surface area contributed by atoms with Gasteiger partial charge >= 0.3 is 0 Å². The lowest BCUT2D eigenvalue weighted by molar-refractivity contribution is -0.136. The third-order valence-electron chi connectivity index (χ3n) is 5.12. The highest BCUT2D eigenvalue weighted by atomic mass is 16.5. The van der Waals surface area contributed by atoms with Gasteiger partial charge in [-0.2, -0.15) is 0 Å². The van der Waals surface area contributed by atoms with Crippen molar-refractivity contribution in [3.63, 3.8) is 0 Å². The zero-order valence-electron chi connectivity index (χ0n) is 16.3. The third kappa shape index (κ3) is 3.68. The van der Waals surface area contributed by atoms with Gasteiger partial charge in [0.1, 0.15) is 5.75 Å². The quantitative estimate of drug-likeness (QED) is 0.831. The molecule has 1 saturated heterocycles. The van der Waals surface area contributed by atoms with Crippen molar-refractivity contribution in [3.05, 3.63) is 59.7 Å². The van der Waals surface area contributed by atoms with E-state index in [9.17, 15) is 9.59 Å². The highest BCUT2D eigenvalue weighted by Gasteiger charge is 2.43. The molecule has 2 aromatic rings. The Morgan fingerprint density at radius 1 is 1.11 bits per heavy atom. The second kappa shape index (κ2) is 7.82. The van der Waals surface area contributed by atoms with E-state index in [2.05, 4.69) is 0 Å². The molecule has 1 fully saturated rings. The average molecular weight is 366 g/mol. The summed E-state index contributed by atoms with van der Waals surface area (Å²) in [6, 6.07) is 15.1. The molecule has 0 N–H and O–H groups in total. The van der Waals surface area contributed by atoms with Crippen LogP contribution in [0.1, 0.15) is 30.0 Å². The van der Waals surface area contributed by atoms with Crippen LogP contribution in [0.25, 0.3) is 0 Å². The number of amides is 2. The molecular weight excluding hydrogens is 340 g/mol. The minimum Gasteiger partial charge on any atom is -0.496 e. The summed E-state index contributed by atoms with van der Waals surface area (Å²) in [5.74, 6) is 0.411. The molecule has 2 atom stereocenters. The molecule has 1 aliphatic heterocycles. The van der Waals surface area contributed by atoms with E-state index in [1.807, 2.05) is 55.5 Å². The Labute approximate surface area is 160 Å². The van der Waals surface area contributed by atoms with Gasteiger partial charge in [0.25, 0.3) is 0 Å². The first-order valence-corrected chi connectivity index (χ1v) is 9.17. The first-order valence-electron chi connectivity index (χ1n) is 9.17. The van der Waals surface area contributed by atoms with Crippen LogP contribution in [0.4, 0.5) is 5.69 Å². The number of aryl methyl sites for hydroxylation is 1. The van der Waals surface area contributed by atoms with Crippen molar-refractivity contribution in [3.8, 4) is 5.75 Å². The number of hydrogen-bond donors (Lipinski definition) is 0. The molecule has 0 radical (unpaired) electrons. The van der Waals surface area contributed by atoms with Crippen LogP contribution in [0.2, 0.25) is 0 Å². The first kappa shape index (κ1) is 19.0. The van der Waals surface area contributed by atoms with Gasteiger partial charge in [0.05, 0.1) is 19.1 Å². The lowest BCUT2D eigenvalue weighted by Gasteiger charge is -2.42. The van der Waals surface area contributed by atoms with Crippen LogP contribution in [0.5, 0.6) is 5.75 Å². The predicted octanol–water partition coefficient (Wildman–Crippen LogP) is 3.58. The normalized spacial score (nSPS) is 19.7. The van der Waals surface area contributed by atoms with Gasteiger partial charge in [-0.3, -0.25) is 9.59 Å². The molecule has 5 heteroatoms. The maximum atomic E-state index is 13.0. The molecule has 0 saturated carbocycles. The molecule has 0 unspecified atom stereocenters. The molecule has 0 aliphatic carbocycles. The Hall–Kier alpha value is -2.82. The molecule has 0 bridgehead atoms. The largest absolute Gasteiger partial charge is 0.496 e. The van der Waals surface area contributed by atoms with Gasteiger partial charge in [0.2, 0.25) is 11.8 Å². The predicted molar refractivity (Wildman–Crippen MR) is 106 cm³/mol. The van der Waals surface area contributed by atoms with Gasteiger partial charge in [-0.25, -0.2) is 0 Å². The molecule has 27 heavy (non-hydrogen) atoms. The smallest absolute Gasteiger partial charge is 0.227 e. The third-order valence-corrected chi connectivity index (χ3v) is 5.12. The second-order valence-corrected chi connectivity index (χ2v) is 7.16. The van der Waals surface area contributed by atoms with Crippen LogP contribution in [0, 0.1) is 12.8 Å². The molecule has 1 aliphatic rings. The molecule has 1 heterocycles. The topological polar surface area (TPSA) is 49.9 Å². The number of carbonyl (C=O) groups excluding carboxylic acids is 2. The Balaban J connectivity index is 2.16. The Bertz CT molecular complexity index is 830. The van der Waals surface area contributed by atoms with E-state index in [1.54, 1.807) is 31.0 Å². The van der Waals surface area contributed by atoms with E-state index in [0.717, 1.165) is 16.8 Å². The molecule has 5 nitrogen and oxygen atoms in total. The molecular formula is C22H26N2O3. The first-order chi connectivity index (χ1) is 12.9. The number of para-hydroxylation sites is 1. The summed E-state index contributed by atoms with van der Waals surface area (Å²) in [5.41, 5.74) is 2.78. The van der Waals surface area contributed by atoms with Crippen molar-refractivity contribution in [1.29, 1.82) is 0 Å². The minimum absolute atomic E-state index is 0.0236. The zero-order valence-corrected chi connectivity index (χ0v) is 16.3. The van der Waals surface area contributed by atoms with Gasteiger partial charge in [0.15, 0.2) is 0 Å². The van der Waals surface area contributed by atoms with Crippen LogP contribution in [0.15, 0.2) is 48.5 Å². The Kier molecular flexibility index (Phi) is 5.49. The van der Waals surface area contributed by atoms with Crippen LogP contribution in [-0.2, 0) is 9.59 Å². The molecule has 0 spiro atoms. The molecule has 2 aromatic carbocycles. The molecule has 3 rings (SSSR count). The van der Waals surface area contributed by atoms with Crippen molar-refractivity contribution < 1.29 is 14.3 Å². The summed E-state index contributed by atoms with van der Waals surface area (Å²) in [7, 11) is 5.13. The maximum absolute atomic E-state index is 13.0. The summed E-state index contributed by atoms with van der Waals surface area (Å²) in [4.78, 5) is 29.3. The monoisotopic (exact) mass is 366 g/mol. The van der Waals surface area contributed by atoms with E-state index in [1.165, 1.54) is 0 Å². The zero-order chi connectivity index (χ0) is 19.6. The number of piperidine rings is 1. The Morgan fingerprint density at radius 2 is 1.78 bits per heavy atom. The number of nitrogens with zero attached hydrogens (tertiary/aromatic N) is 2. The van der Waals surface area contributed by atoms with Gasteiger partial charge in [-0.1, -0.05) is 35.9 Å². The van der Waals surface area contributed by atoms with Crippen molar-refractivity contribution in [2.45, 2.75) is 25.8 Å². The Morgan fingerprint density at radius 3 is 2.41 bits per heavy atom. The van der Waals surface area contributed by atoms with Crippen molar-refractivity contribution in [1.82, 2.24) is 4.90 Å². The molecule has 142 valence electrons. The summed E-state index contributed by atoms with van der Waals surface area (Å²) in [6.45, 7) is 2.01. The van der Waals surface area contributed by atoms with E-state index in [4.69, 9.17) is 4.74 Å². The second-order valence-electron chi connectivity index (χ2n) is 7.16. The van der Waals surface area contributed by atoms with Crippen molar-refractivity contribution in [2.75, 3.05) is 26.1 Å². The van der Waals surface area contributed by atoms with Gasteiger partial charge in [-0.15, -0.1) is 0 Å². The number of rotatable bonds is 4. The lowest BCUT2D eigenvalue weighted by atomic mass is 9.82. The summed E-state index contributed by atoms with van der Waals surface area (Å²) in [6.07, 6.45) is 0.880. The van der Waals surface area contributed by atoms with Gasteiger partial charge < -0.3 is 14.5 Å². The fourth-order valence-electron chi connectivity index (χ4n) is 3.76. The van der Waals surface area contributed by atoms with Crippen LogP contribution in [-0.4, -0.2) is 37.9 Å². The van der Waals surface area contributed by atoms with Gasteiger partial charge in [0, 0.05) is 31.8 Å². The van der Waals surface area contributed by atoms with Crippen molar-refractivity contribution >= 4 is 17.5 Å². The lowest BCUT2D eigenvalue weighted by Crippen LogP contribution is -2.48.